The van der Waals surface area contributed by atoms with Crippen LogP contribution in [0.4, 0.5) is 0 Å². The van der Waals surface area contributed by atoms with Gasteiger partial charge in [-0.3, -0.25) is 4.18 Å². The summed E-state index contributed by atoms with van der Waals surface area (Å²) in [6.45, 7) is 5.46. The number of allylic oxidation sites excluding steroid dienone is 1. The molecule has 0 aromatic carbocycles. The molecule has 0 heterocycles. The van der Waals surface area contributed by atoms with Crippen LogP contribution in [0.2, 0.25) is 0 Å². The second-order valence-electron chi connectivity index (χ2n) is 3.89. The lowest BCUT2D eigenvalue weighted by Crippen LogP contribution is -2.13. The first-order valence-corrected chi connectivity index (χ1v) is 7.26. The van der Waals surface area contributed by atoms with Gasteiger partial charge in [-0.2, -0.15) is 8.42 Å². The molecular formula is C11H22O3S. The first-order chi connectivity index (χ1) is 6.95. The smallest absolute Gasteiger partial charge is 0.264 e. The van der Waals surface area contributed by atoms with Gasteiger partial charge in [0.25, 0.3) is 10.1 Å². The molecule has 0 aromatic rings. The van der Waals surface area contributed by atoms with Crippen LogP contribution in [0.5, 0.6) is 0 Å². The first-order valence-electron chi connectivity index (χ1n) is 5.45. The van der Waals surface area contributed by atoms with E-state index in [2.05, 4.69) is 6.58 Å². The topological polar surface area (TPSA) is 43.4 Å². The average Bonchev–Trinajstić information content (AvgIpc) is 2.08. The zero-order valence-corrected chi connectivity index (χ0v) is 10.6. The second kappa shape index (κ2) is 7.88. The number of rotatable bonds is 9. The molecule has 0 aromatic heterocycles. The molecule has 0 aliphatic rings. The molecule has 90 valence electrons. The Labute approximate surface area is 93.6 Å². The highest BCUT2D eigenvalue weighted by Gasteiger charge is 2.09. The van der Waals surface area contributed by atoms with Gasteiger partial charge in [0.2, 0.25) is 0 Å². The Morgan fingerprint density at radius 1 is 1.27 bits per heavy atom. The van der Waals surface area contributed by atoms with Gasteiger partial charge >= 0.3 is 0 Å². The zero-order chi connectivity index (χ0) is 11.7. The van der Waals surface area contributed by atoms with Crippen LogP contribution >= 0.6 is 0 Å². The van der Waals surface area contributed by atoms with Crippen LogP contribution in [-0.4, -0.2) is 20.8 Å². The third-order valence-corrected chi connectivity index (χ3v) is 2.79. The van der Waals surface area contributed by atoms with E-state index in [9.17, 15) is 8.42 Å². The summed E-state index contributed by atoms with van der Waals surface area (Å²) in [5.41, 5.74) is 0. The van der Waals surface area contributed by atoms with E-state index in [4.69, 9.17) is 4.18 Å². The average molecular weight is 234 g/mol. The number of hydrogen-bond acceptors (Lipinski definition) is 3. The van der Waals surface area contributed by atoms with E-state index < -0.39 is 10.1 Å². The maximum absolute atomic E-state index is 10.8. The zero-order valence-electron chi connectivity index (χ0n) is 9.74. The minimum Gasteiger partial charge on any atom is -0.267 e. The highest BCUT2D eigenvalue weighted by molar-refractivity contribution is 7.86. The molecule has 0 aliphatic heterocycles. The fraction of sp³-hybridized carbons (Fsp3) is 0.818. The van der Waals surface area contributed by atoms with Crippen LogP contribution in [0.25, 0.3) is 0 Å². The summed E-state index contributed by atoms with van der Waals surface area (Å²) in [5, 5.41) is 0. The number of hydrogen-bond donors (Lipinski definition) is 0. The van der Waals surface area contributed by atoms with E-state index in [1.54, 1.807) is 6.92 Å². The van der Waals surface area contributed by atoms with E-state index in [1.807, 2.05) is 6.08 Å². The van der Waals surface area contributed by atoms with Gasteiger partial charge in [0.05, 0.1) is 12.4 Å². The van der Waals surface area contributed by atoms with Crippen molar-refractivity contribution in [2.45, 2.75) is 51.6 Å². The Morgan fingerprint density at radius 3 is 2.40 bits per heavy atom. The molecule has 0 fully saturated rings. The Morgan fingerprint density at radius 2 is 1.87 bits per heavy atom. The Bertz CT molecular complexity index is 257. The summed E-state index contributed by atoms with van der Waals surface area (Å²) >= 11 is 0. The third-order valence-electron chi connectivity index (χ3n) is 2.11. The highest BCUT2D eigenvalue weighted by Crippen LogP contribution is 2.10. The molecule has 0 N–H and O–H groups in total. The maximum atomic E-state index is 10.8. The van der Waals surface area contributed by atoms with Crippen molar-refractivity contribution in [1.82, 2.24) is 0 Å². The molecule has 0 saturated carbocycles. The monoisotopic (exact) mass is 234 g/mol. The van der Waals surface area contributed by atoms with E-state index in [-0.39, 0.29) is 6.10 Å². The van der Waals surface area contributed by atoms with Gasteiger partial charge in [-0.25, -0.2) is 0 Å². The van der Waals surface area contributed by atoms with Crippen molar-refractivity contribution >= 4 is 10.1 Å². The highest BCUT2D eigenvalue weighted by atomic mass is 32.2. The van der Waals surface area contributed by atoms with Gasteiger partial charge in [0, 0.05) is 0 Å². The van der Waals surface area contributed by atoms with Crippen molar-refractivity contribution in [3.8, 4) is 0 Å². The van der Waals surface area contributed by atoms with Crippen LogP contribution < -0.4 is 0 Å². The molecule has 0 radical (unpaired) electrons. The van der Waals surface area contributed by atoms with Gasteiger partial charge in [0.1, 0.15) is 0 Å². The molecule has 1 atom stereocenters. The summed E-state index contributed by atoms with van der Waals surface area (Å²) in [6.07, 6.45) is 9.19. The van der Waals surface area contributed by atoms with Gasteiger partial charge < -0.3 is 0 Å². The molecule has 15 heavy (non-hydrogen) atoms. The standard InChI is InChI=1S/C11H22O3S/c1-4-5-6-7-8-9-10-11(2)14-15(3,12)13/h4,11H,1,5-10H2,2-3H3. The minimum absolute atomic E-state index is 0.195. The van der Waals surface area contributed by atoms with E-state index in [1.165, 1.54) is 12.8 Å². The fourth-order valence-corrected chi connectivity index (χ4v) is 2.11. The fourth-order valence-electron chi connectivity index (χ4n) is 1.42. The van der Waals surface area contributed by atoms with E-state index >= 15 is 0 Å². The molecule has 0 saturated heterocycles. The number of unbranched alkanes of at least 4 members (excludes halogenated alkanes) is 4. The molecule has 1 unspecified atom stereocenters. The van der Waals surface area contributed by atoms with Gasteiger partial charge in [-0.1, -0.05) is 25.3 Å². The van der Waals surface area contributed by atoms with Crippen molar-refractivity contribution in [3.63, 3.8) is 0 Å². The molecule has 3 nitrogen and oxygen atoms in total. The van der Waals surface area contributed by atoms with Gasteiger partial charge in [-0.15, -0.1) is 6.58 Å². The van der Waals surface area contributed by atoms with Crippen LogP contribution in [0.15, 0.2) is 12.7 Å². The van der Waals surface area contributed by atoms with Crippen molar-refractivity contribution in [3.05, 3.63) is 12.7 Å². The van der Waals surface area contributed by atoms with Crippen molar-refractivity contribution in [1.29, 1.82) is 0 Å². The van der Waals surface area contributed by atoms with E-state index in [0.29, 0.717) is 0 Å². The lowest BCUT2D eigenvalue weighted by molar-refractivity contribution is 0.216. The molecule has 0 aliphatic carbocycles. The normalized spacial score (nSPS) is 13.7. The van der Waals surface area contributed by atoms with Crippen LogP contribution in [0.1, 0.15) is 45.4 Å². The molecule has 0 amide bonds. The van der Waals surface area contributed by atoms with E-state index in [0.717, 1.165) is 31.9 Å². The van der Waals surface area contributed by atoms with Crippen molar-refractivity contribution in [2.24, 2.45) is 0 Å². The lowest BCUT2D eigenvalue weighted by atomic mass is 10.1. The predicted octanol–water partition coefficient (Wildman–Crippen LogP) is 2.88. The summed E-state index contributed by atoms with van der Waals surface area (Å²) in [6, 6.07) is 0. The SMILES string of the molecule is C=CCCCCCCC(C)OS(C)(=O)=O. The molecule has 0 spiro atoms. The quantitative estimate of drug-likeness (QED) is 0.350. The molecule has 4 heteroatoms. The van der Waals surface area contributed by atoms with Crippen molar-refractivity contribution in [2.75, 3.05) is 6.26 Å². The Kier molecular flexibility index (Phi) is 7.70. The summed E-state index contributed by atoms with van der Waals surface area (Å²) in [5.74, 6) is 0. The summed E-state index contributed by atoms with van der Waals surface area (Å²) in [7, 11) is -3.29. The van der Waals surface area contributed by atoms with Crippen LogP contribution in [0.3, 0.4) is 0 Å². The van der Waals surface area contributed by atoms with Gasteiger partial charge in [-0.05, 0) is 26.2 Å². The Hall–Kier alpha value is -0.350. The van der Waals surface area contributed by atoms with Gasteiger partial charge in [0.15, 0.2) is 0 Å². The summed E-state index contributed by atoms with van der Waals surface area (Å²) in [4.78, 5) is 0. The summed E-state index contributed by atoms with van der Waals surface area (Å²) < 4.78 is 26.4. The first kappa shape index (κ1) is 14.6. The Balaban J connectivity index is 3.39. The molecular weight excluding hydrogens is 212 g/mol. The van der Waals surface area contributed by atoms with Crippen molar-refractivity contribution < 1.29 is 12.6 Å². The lowest BCUT2D eigenvalue weighted by Gasteiger charge is -2.10. The van der Waals surface area contributed by atoms with Crippen LogP contribution in [-0.2, 0) is 14.3 Å². The second-order valence-corrected chi connectivity index (χ2v) is 5.49. The van der Waals surface area contributed by atoms with Crippen LogP contribution in [0, 0.1) is 0 Å². The minimum atomic E-state index is -3.29. The maximum Gasteiger partial charge on any atom is 0.264 e. The predicted molar refractivity (Wildman–Crippen MR) is 63.3 cm³/mol. The molecule has 0 bridgehead atoms. The largest absolute Gasteiger partial charge is 0.267 e. The third kappa shape index (κ3) is 11.6. The molecule has 0 rings (SSSR count).